The molecule has 3 rings (SSSR count). The number of carbonyl (C=O) groups is 2. The average Bonchev–Trinajstić information content (AvgIpc) is 2.79. The molecule has 1 atom stereocenters. The molecule has 5 heteroatoms. The number of rotatable bonds is 2. The molecule has 0 bridgehead atoms. The standard InChI is InChI=1S/C14H13N3O2/c1-2-10-7-16-14(19)12-5-8-3-4-9(13(15)18)6-11(8)17(10)12/h2-6,10H,1,7H2,(H2,15,18)(H,16,19). The van der Waals surface area contributed by atoms with Crippen molar-refractivity contribution in [3.63, 3.8) is 0 Å². The highest BCUT2D eigenvalue weighted by atomic mass is 16.2. The molecule has 1 aromatic heterocycles. The minimum Gasteiger partial charge on any atom is -0.366 e. The van der Waals surface area contributed by atoms with Crippen molar-refractivity contribution in [1.82, 2.24) is 9.88 Å². The van der Waals surface area contributed by atoms with Crippen LogP contribution in [0.2, 0.25) is 0 Å². The lowest BCUT2D eigenvalue weighted by atomic mass is 10.1. The van der Waals surface area contributed by atoms with Crippen LogP contribution in [0, 0.1) is 0 Å². The molecule has 0 saturated heterocycles. The third kappa shape index (κ3) is 1.62. The Morgan fingerprint density at radius 2 is 2.26 bits per heavy atom. The van der Waals surface area contributed by atoms with Crippen molar-refractivity contribution in [2.45, 2.75) is 6.04 Å². The number of amides is 2. The summed E-state index contributed by atoms with van der Waals surface area (Å²) in [5.41, 5.74) is 7.13. The van der Waals surface area contributed by atoms with Crippen LogP contribution in [0.4, 0.5) is 0 Å². The number of nitrogens with two attached hydrogens (primary N) is 1. The van der Waals surface area contributed by atoms with Gasteiger partial charge in [0.25, 0.3) is 5.91 Å². The second kappa shape index (κ2) is 3.98. The quantitative estimate of drug-likeness (QED) is 0.791. The largest absolute Gasteiger partial charge is 0.366 e. The third-order valence-corrected chi connectivity index (χ3v) is 3.43. The second-order valence-corrected chi connectivity index (χ2v) is 4.55. The predicted molar refractivity (Wildman–Crippen MR) is 72.0 cm³/mol. The van der Waals surface area contributed by atoms with Crippen LogP contribution in [0.1, 0.15) is 26.9 Å². The Balaban J connectivity index is 2.32. The van der Waals surface area contributed by atoms with E-state index in [9.17, 15) is 9.59 Å². The maximum atomic E-state index is 11.9. The van der Waals surface area contributed by atoms with Gasteiger partial charge in [-0.05, 0) is 18.2 Å². The van der Waals surface area contributed by atoms with E-state index < -0.39 is 5.91 Å². The molecule has 1 aliphatic heterocycles. The van der Waals surface area contributed by atoms with Gasteiger partial charge in [-0.2, -0.15) is 0 Å². The molecule has 0 fully saturated rings. The number of fused-ring (bicyclic) bond motifs is 3. The summed E-state index contributed by atoms with van der Waals surface area (Å²) < 4.78 is 1.90. The first-order valence-electron chi connectivity index (χ1n) is 5.97. The monoisotopic (exact) mass is 255 g/mol. The molecule has 1 aromatic carbocycles. The predicted octanol–water partition coefficient (Wildman–Crippen LogP) is 1.21. The van der Waals surface area contributed by atoms with Gasteiger partial charge in [0.05, 0.1) is 11.6 Å². The van der Waals surface area contributed by atoms with E-state index in [1.165, 1.54) is 0 Å². The van der Waals surface area contributed by atoms with Crippen LogP contribution in [-0.4, -0.2) is 22.9 Å². The Morgan fingerprint density at radius 1 is 1.47 bits per heavy atom. The van der Waals surface area contributed by atoms with Crippen molar-refractivity contribution in [2.75, 3.05) is 6.54 Å². The summed E-state index contributed by atoms with van der Waals surface area (Å²) in [6, 6.07) is 6.97. The molecule has 0 saturated carbocycles. The Labute approximate surface area is 109 Å². The van der Waals surface area contributed by atoms with Crippen molar-refractivity contribution in [2.24, 2.45) is 5.73 Å². The number of nitrogens with one attached hydrogen (secondary N) is 1. The topological polar surface area (TPSA) is 77.1 Å². The molecule has 0 radical (unpaired) electrons. The Bertz CT molecular complexity index is 715. The molecule has 3 N–H and O–H groups in total. The number of carbonyl (C=O) groups excluding carboxylic acids is 2. The van der Waals surface area contributed by atoms with Crippen LogP contribution in [-0.2, 0) is 0 Å². The van der Waals surface area contributed by atoms with E-state index in [4.69, 9.17) is 5.73 Å². The number of primary amides is 1. The van der Waals surface area contributed by atoms with Gasteiger partial charge in [-0.1, -0.05) is 12.1 Å². The highest BCUT2D eigenvalue weighted by Crippen LogP contribution is 2.28. The zero-order valence-electron chi connectivity index (χ0n) is 10.2. The average molecular weight is 255 g/mol. The molecular weight excluding hydrogens is 242 g/mol. The third-order valence-electron chi connectivity index (χ3n) is 3.43. The van der Waals surface area contributed by atoms with Crippen molar-refractivity contribution in [3.8, 4) is 0 Å². The van der Waals surface area contributed by atoms with Crippen LogP contribution in [0.3, 0.4) is 0 Å². The molecule has 96 valence electrons. The van der Waals surface area contributed by atoms with E-state index in [0.717, 1.165) is 10.9 Å². The van der Waals surface area contributed by atoms with E-state index >= 15 is 0 Å². The summed E-state index contributed by atoms with van der Waals surface area (Å²) in [5, 5.41) is 3.72. The Morgan fingerprint density at radius 3 is 2.95 bits per heavy atom. The Hall–Kier alpha value is -2.56. The van der Waals surface area contributed by atoms with E-state index in [-0.39, 0.29) is 11.9 Å². The minimum atomic E-state index is -0.479. The maximum Gasteiger partial charge on any atom is 0.268 e. The summed E-state index contributed by atoms with van der Waals surface area (Å²) in [4.78, 5) is 23.1. The lowest BCUT2D eigenvalue weighted by molar-refractivity contribution is 0.0922. The highest BCUT2D eigenvalue weighted by Gasteiger charge is 2.25. The molecule has 2 aromatic rings. The molecule has 1 unspecified atom stereocenters. The van der Waals surface area contributed by atoms with Crippen LogP contribution in [0.25, 0.3) is 10.9 Å². The molecule has 2 amide bonds. The van der Waals surface area contributed by atoms with E-state index in [2.05, 4.69) is 11.9 Å². The zero-order valence-corrected chi connectivity index (χ0v) is 10.2. The van der Waals surface area contributed by atoms with Gasteiger partial charge in [0, 0.05) is 17.5 Å². The van der Waals surface area contributed by atoms with E-state index in [0.29, 0.717) is 17.8 Å². The summed E-state index contributed by atoms with van der Waals surface area (Å²) in [5.74, 6) is -0.595. The lowest BCUT2D eigenvalue weighted by Crippen LogP contribution is -2.37. The number of aromatic nitrogens is 1. The van der Waals surface area contributed by atoms with Gasteiger partial charge in [0.15, 0.2) is 0 Å². The number of hydrogen-bond acceptors (Lipinski definition) is 2. The normalized spacial score (nSPS) is 17.9. The van der Waals surface area contributed by atoms with Gasteiger partial charge in [-0.15, -0.1) is 6.58 Å². The van der Waals surface area contributed by atoms with Crippen molar-refractivity contribution in [1.29, 1.82) is 0 Å². The fraction of sp³-hybridized carbons (Fsp3) is 0.143. The van der Waals surface area contributed by atoms with Gasteiger partial charge in [0.1, 0.15) is 5.69 Å². The molecule has 0 aliphatic carbocycles. The first kappa shape index (κ1) is 11.5. The van der Waals surface area contributed by atoms with Gasteiger partial charge in [-0.25, -0.2) is 0 Å². The fourth-order valence-corrected chi connectivity index (χ4v) is 2.47. The molecule has 19 heavy (non-hydrogen) atoms. The molecule has 0 spiro atoms. The molecule has 1 aliphatic rings. The smallest absolute Gasteiger partial charge is 0.268 e. The maximum absolute atomic E-state index is 11.9. The summed E-state index contributed by atoms with van der Waals surface area (Å²) in [6.07, 6.45) is 1.78. The summed E-state index contributed by atoms with van der Waals surface area (Å²) in [6.45, 7) is 4.29. The second-order valence-electron chi connectivity index (χ2n) is 4.55. The van der Waals surface area contributed by atoms with Crippen LogP contribution in [0.5, 0.6) is 0 Å². The first-order valence-corrected chi connectivity index (χ1v) is 5.97. The van der Waals surface area contributed by atoms with Crippen LogP contribution >= 0.6 is 0 Å². The first-order chi connectivity index (χ1) is 9.11. The number of nitrogens with zero attached hydrogens (tertiary/aromatic N) is 1. The molecule has 5 nitrogen and oxygen atoms in total. The number of hydrogen-bond donors (Lipinski definition) is 2. The summed E-state index contributed by atoms with van der Waals surface area (Å²) in [7, 11) is 0. The van der Waals surface area contributed by atoms with Gasteiger partial charge < -0.3 is 15.6 Å². The van der Waals surface area contributed by atoms with E-state index in [1.54, 1.807) is 24.3 Å². The van der Waals surface area contributed by atoms with Crippen molar-refractivity contribution in [3.05, 3.63) is 48.2 Å². The van der Waals surface area contributed by atoms with Crippen molar-refractivity contribution < 1.29 is 9.59 Å². The van der Waals surface area contributed by atoms with Crippen molar-refractivity contribution >= 4 is 22.7 Å². The van der Waals surface area contributed by atoms with Gasteiger partial charge in [-0.3, -0.25) is 9.59 Å². The number of benzene rings is 1. The molecular formula is C14H13N3O2. The Kier molecular flexibility index (Phi) is 2.41. The van der Waals surface area contributed by atoms with Gasteiger partial charge in [0.2, 0.25) is 5.91 Å². The fourth-order valence-electron chi connectivity index (χ4n) is 2.47. The summed E-state index contributed by atoms with van der Waals surface area (Å²) >= 11 is 0. The minimum absolute atomic E-state index is 0.0201. The SMILES string of the molecule is C=CC1CNC(=O)c2cc3ccc(C(N)=O)cc3n21. The van der Waals surface area contributed by atoms with Crippen LogP contribution < -0.4 is 11.1 Å². The van der Waals surface area contributed by atoms with Gasteiger partial charge >= 0.3 is 0 Å². The van der Waals surface area contributed by atoms with Crippen LogP contribution in [0.15, 0.2) is 36.9 Å². The highest BCUT2D eigenvalue weighted by molar-refractivity contribution is 6.02. The van der Waals surface area contributed by atoms with E-state index in [1.807, 2.05) is 10.6 Å². The molecule has 2 heterocycles. The lowest BCUT2D eigenvalue weighted by Gasteiger charge is -2.24. The zero-order chi connectivity index (χ0) is 13.6.